The molecular weight excluding hydrogens is 310 g/mol. The third kappa shape index (κ3) is 6.59. The standard InChI is InChI=1S/C14H20BrNO3/c1-10(2)8-13(14(17)18)16-6-7-19-12-5-3-4-11(15)9-12/h3-5,9-10,13,16H,6-8H2,1-2H3,(H,17,18). The molecule has 4 nitrogen and oxygen atoms in total. The second-order valence-electron chi connectivity index (χ2n) is 4.78. The fraction of sp³-hybridized carbons (Fsp3) is 0.500. The van der Waals surface area contributed by atoms with Crippen molar-refractivity contribution in [2.24, 2.45) is 5.92 Å². The molecule has 19 heavy (non-hydrogen) atoms. The summed E-state index contributed by atoms with van der Waals surface area (Å²) in [5.41, 5.74) is 0. The number of rotatable bonds is 8. The molecule has 0 aliphatic rings. The lowest BCUT2D eigenvalue weighted by Crippen LogP contribution is -2.39. The molecule has 0 heterocycles. The molecule has 5 heteroatoms. The Balaban J connectivity index is 2.30. The minimum Gasteiger partial charge on any atom is -0.492 e. The van der Waals surface area contributed by atoms with E-state index in [2.05, 4.69) is 21.2 Å². The molecule has 1 unspecified atom stereocenters. The van der Waals surface area contributed by atoms with E-state index in [9.17, 15) is 4.79 Å². The van der Waals surface area contributed by atoms with Gasteiger partial charge in [-0.05, 0) is 30.5 Å². The fourth-order valence-corrected chi connectivity index (χ4v) is 2.08. The van der Waals surface area contributed by atoms with Crippen LogP contribution in [0.4, 0.5) is 0 Å². The van der Waals surface area contributed by atoms with Crippen LogP contribution in [0.2, 0.25) is 0 Å². The topological polar surface area (TPSA) is 58.6 Å². The van der Waals surface area contributed by atoms with Crippen molar-refractivity contribution < 1.29 is 14.6 Å². The predicted octanol–water partition coefficient (Wildman–Crippen LogP) is 2.92. The van der Waals surface area contributed by atoms with Crippen molar-refractivity contribution in [3.05, 3.63) is 28.7 Å². The van der Waals surface area contributed by atoms with Crippen LogP contribution < -0.4 is 10.1 Å². The van der Waals surface area contributed by atoms with Gasteiger partial charge < -0.3 is 15.2 Å². The number of benzene rings is 1. The van der Waals surface area contributed by atoms with Crippen LogP contribution in [0.5, 0.6) is 5.75 Å². The molecule has 106 valence electrons. The smallest absolute Gasteiger partial charge is 0.320 e. The van der Waals surface area contributed by atoms with Crippen molar-refractivity contribution in [2.75, 3.05) is 13.2 Å². The molecule has 1 rings (SSSR count). The number of nitrogens with one attached hydrogen (secondary N) is 1. The molecule has 1 atom stereocenters. The number of halogens is 1. The Morgan fingerprint density at radius 3 is 2.79 bits per heavy atom. The van der Waals surface area contributed by atoms with E-state index in [-0.39, 0.29) is 0 Å². The molecule has 0 spiro atoms. The van der Waals surface area contributed by atoms with Gasteiger partial charge in [-0.3, -0.25) is 4.79 Å². The number of hydrogen-bond acceptors (Lipinski definition) is 3. The van der Waals surface area contributed by atoms with Gasteiger partial charge in [0, 0.05) is 11.0 Å². The Hall–Kier alpha value is -1.07. The third-order valence-electron chi connectivity index (χ3n) is 2.56. The maximum atomic E-state index is 11.0. The summed E-state index contributed by atoms with van der Waals surface area (Å²) in [4.78, 5) is 11.0. The molecule has 0 bridgehead atoms. The van der Waals surface area contributed by atoms with Gasteiger partial charge in [0.25, 0.3) is 0 Å². The van der Waals surface area contributed by atoms with Gasteiger partial charge in [-0.1, -0.05) is 35.8 Å². The molecule has 0 aliphatic heterocycles. The molecule has 0 saturated heterocycles. The molecule has 1 aromatic carbocycles. The zero-order valence-corrected chi connectivity index (χ0v) is 12.8. The van der Waals surface area contributed by atoms with Crippen molar-refractivity contribution in [2.45, 2.75) is 26.3 Å². The molecule has 0 amide bonds. The molecule has 0 aromatic heterocycles. The number of carboxylic acid groups (broad SMARTS) is 1. The summed E-state index contributed by atoms with van der Waals surface area (Å²) in [6.45, 7) is 4.97. The van der Waals surface area contributed by atoms with Crippen LogP contribution in [0.25, 0.3) is 0 Å². The molecule has 0 radical (unpaired) electrons. The van der Waals surface area contributed by atoms with E-state index in [1.807, 2.05) is 38.1 Å². The van der Waals surface area contributed by atoms with Crippen LogP contribution in [0.3, 0.4) is 0 Å². The van der Waals surface area contributed by atoms with Gasteiger partial charge in [-0.2, -0.15) is 0 Å². The highest BCUT2D eigenvalue weighted by Crippen LogP contribution is 2.17. The fourth-order valence-electron chi connectivity index (χ4n) is 1.70. The first-order chi connectivity index (χ1) is 8.99. The quantitative estimate of drug-likeness (QED) is 0.720. The SMILES string of the molecule is CC(C)CC(NCCOc1cccc(Br)c1)C(=O)O. The van der Waals surface area contributed by atoms with Crippen molar-refractivity contribution in [3.8, 4) is 5.75 Å². The van der Waals surface area contributed by atoms with Gasteiger partial charge in [-0.25, -0.2) is 0 Å². The molecule has 0 fully saturated rings. The lowest BCUT2D eigenvalue weighted by Gasteiger charge is -2.16. The maximum absolute atomic E-state index is 11.0. The lowest BCUT2D eigenvalue weighted by molar-refractivity contribution is -0.139. The highest BCUT2D eigenvalue weighted by atomic mass is 79.9. The Labute approximate surface area is 122 Å². The summed E-state index contributed by atoms with van der Waals surface area (Å²) in [7, 11) is 0. The third-order valence-corrected chi connectivity index (χ3v) is 3.06. The van der Waals surface area contributed by atoms with E-state index in [1.165, 1.54) is 0 Å². The Morgan fingerprint density at radius 2 is 2.21 bits per heavy atom. The van der Waals surface area contributed by atoms with E-state index in [0.29, 0.717) is 25.5 Å². The molecule has 0 saturated carbocycles. The van der Waals surface area contributed by atoms with Crippen LogP contribution in [0.1, 0.15) is 20.3 Å². The summed E-state index contributed by atoms with van der Waals surface area (Å²) in [6, 6.07) is 7.06. The summed E-state index contributed by atoms with van der Waals surface area (Å²) in [5.74, 6) is 0.308. The van der Waals surface area contributed by atoms with Gasteiger partial charge in [-0.15, -0.1) is 0 Å². The van der Waals surface area contributed by atoms with Gasteiger partial charge in [0.15, 0.2) is 0 Å². The van der Waals surface area contributed by atoms with Crippen LogP contribution >= 0.6 is 15.9 Å². The maximum Gasteiger partial charge on any atom is 0.320 e. The van der Waals surface area contributed by atoms with Crippen molar-refractivity contribution in [3.63, 3.8) is 0 Å². The second-order valence-corrected chi connectivity index (χ2v) is 5.70. The van der Waals surface area contributed by atoms with Gasteiger partial charge in [0.1, 0.15) is 18.4 Å². The largest absolute Gasteiger partial charge is 0.492 e. The summed E-state index contributed by atoms with van der Waals surface area (Å²) in [5, 5.41) is 12.1. The minimum absolute atomic E-state index is 0.347. The van der Waals surface area contributed by atoms with E-state index in [0.717, 1.165) is 10.2 Å². The summed E-state index contributed by atoms with van der Waals surface area (Å²) in [6.07, 6.45) is 0.617. The highest BCUT2D eigenvalue weighted by molar-refractivity contribution is 9.10. The molecular formula is C14H20BrNO3. The van der Waals surface area contributed by atoms with Crippen molar-refractivity contribution >= 4 is 21.9 Å². The number of aliphatic carboxylic acids is 1. The number of ether oxygens (including phenoxy) is 1. The monoisotopic (exact) mass is 329 g/mol. The van der Waals surface area contributed by atoms with E-state index < -0.39 is 12.0 Å². The van der Waals surface area contributed by atoms with E-state index >= 15 is 0 Å². The van der Waals surface area contributed by atoms with Crippen LogP contribution in [0, 0.1) is 5.92 Å². The zero-order chi connectivity index (χ0) is 14.3. The minimum atomic E-state index is -0.809. The lowest BCUT2D eigenvalue weighted by atomic mass is 10.0. The average Bonchev–Trinajstić information content (AvgIpc) is 2.32. The summed E-state index contributed by atoms with van der Waals surface area (Å²) >= 11 is 3.37. The van der Waals surface area contributed by atoms with Crippen LogP contribution in [-0.2, 0) is 4.79 Å². The zero-order valence-electron chi connectivity index (χ0n) is 11.2. The second kappa shape index (κ2) is 8.17. The Kier molecular flexibility index (Phi) is 6.87. The number of carboxylic acids is 1. The van der Waals surface area contributed by atoms with Gasteiger partial charge in [0.05, 0.1) is 0 Å². The highest BCUT2D eigenvalue weighted by Gasteiger charge is 2.17. The van der Waals surface area contributed by atoms with Crippen molar-refractivity contribution in [1.82, 2.24) is 5.32 Å². The number of carbonyl (C=O) groups is 1. The van der Waals surface area contributed by atoms with Crippen LogP contribution in [0.15, 0.2) is 28.7 Å². The first kappa shape index (κ1) is 16.0. The first-order valence-electron chi connectivity index (χ1n) is 6.33. The van der Waals surface area contributed by atoms with E-state index in [1.54, 1.807) is 0 Å². The average molecular weight is 330 g/mol. The predicted molar refractivity (Wildman–Crippen MR) is 78.5 cm³/mol. The van der Waals surface area contributed by atoms with Gasteiger partial charge >= 0.3 is 5.97 Å². The van der Waals surface area contributed by atoms with Crippen molar-refractivity contribution in [1.29, 1.82) is 0 Å². The molecule has 1 aromatic rings. The normalized spacial score (nSPS) is 12.4. The van der Waals surface area contributed by atoms with E-state index in [4.69, 9.17) is 9.84 Å². The Bertz CT molecular complexity index is 409. The van der Waals surface area contributed by atoms with Gasteiger partial charge in [0.2, 0.25) is 0 Å². The van der Waals surface area contributed by atoms with Crippen LogP contribution in [-0.4, -0.2) is 30.3 Å². The number of hydrogen-bond donors (Lipinski definition) is 2. The molecule has 2 N–H and O–H groups in total. The Morgan fingerprint density at radius 1 is 1.47 bits per heavy atom. The first-order valence-corrected chi connectivity index (χ1v) is 7.13. The molecule has 0 aliphatic carbocycles. The summed E-state index contributed by atoms with van der Waals surface area (Å²) < 4.78 is 6.50.